The first-order valence-electron chi connectivity index (χ1n) is 9.11. The van der Waals surface area contributed by atoms with E-state index in [4.69, 9.17) is 9.47 Å². The third-order valence-electron chi connectivity index (χ3n) is 4.83. The third kappa shape index (κ3) is 3.62. The van der Waals surface area contributed by atoms with E-state index in [0.717, 1.165) is 17.7 Å². The number of amides is 1. The summed E-state index contributed by atoms with van der Waals surface area (Å²) in [5.41, 5.74) is 3.80. The van der Waals surface area contributed by atoms with Crippen LogP contribution in [0.25, 0.3) is 0 Å². The number of rotatable bonds is 5. The van der Waals surface area contributed by atoms with Crippen molar-refractivity contribution >= 4 is 27.5 Å². The van der Waals surface area contributed by atoms with Gasteiger partial charge in [0.25, 0.3) is 5.91 Å². The van der Waals surface area contributed by atoms with Crippen molar-refractivity contribution in [3.63, 3.8) is 0 Å². The molecule has 1 heterocycles. The molecule has 142 valence electrons. The number of ether oxygens (including phenoxy) is 2. The summed E-state index contributed by atoms with van der Waals surface area (Å²) in [4.78, 5) is 14.9. The Hall–Kier alpha value is -2.79. The van der Waals surface area contributed by atoms with Crippen LogP contribution in [0.3, 0.4) is 0 Å². The standard InChI is InChI=1S/C23H20BrNO3/c1-27-21-14-18(23(26)25-12-11-17-9-5-6-10-20(17)25)13-19(24)22(21)28-15-16-7-3-2-4-8-16/h2-10,13-14H,11-12,15H2,1H3. The van der Waals surface area contributed by atoms with Crippen LogP contribution >= 0.6 is 15.9 Å². The molecular formula is C23H20BrNO3. The summed E-state index contributed by atoms with van der Waals surface area (Å²) in [6, 6.07) is 21.5. The van der Waals surface area contributed by atoms with Crippen molar-refractivity contribution in [2.75, 3.05) is 18.6 Å². The zero-order valence-corrected chi connectivity index (χ0v) is 17.1. The maximum absolute atomic E-state index is 13.1. The summed E-state index contributed by atoms with van der Waals surface area (Å²) >= 11 is 3.55. The molecule has 0 bridgehead atoms. The van der Waals surface area contributed by atoms with Gasteiger partial charge in [-0.1, -0.05) is 48.5 Å². The number of hydrogen-bond donors (Lipinski definition) is 0. The van der Waals surface area contributed by atoms with Gasteiger partial charge in [0.05, 0.1) is 11.6 Å². The number of hydrogen-bond acceptors (Lipinski definition) is 3. The zero-order chi connectivity index (χ0) is 19.5. The molecule has 4 nitrogen and oxygen atoms in total. The van der Waals surface area contributed by atoms with E-state index in [0.29, 0.717) is 34.7 Å². The molecule has 0 aliphatic carbocycles. The number of fused-ring (bicyclic) bond motifs is 1. The lowest BCUT2D eigenvalue weighted by molar-refractivity contribution is 0.0989. The van der Waals surface area contributed by atoms with Crippen LogP contribution in [0.2, 0.25) is 0 Å². The average molecular weight is 438 g/mol. The molecule has 3 aromatic rings. The van der Waals surface area contributed by atoms with Gasteiger partial charge in [-0.3, -0.25) is 4.79 Å². The Morgan fingerprint density at radius 3 is 2.61 bits per heavy atom. The van der Waals surface area contributed by atoms with Crippen LogP contribution in [0.1, 0.15) is 21.5 Å². The first-order chi connectivity index (χ1) is 13.7. The van der Waals surface area contributed by atoms with Gasteiger partial charge >= 0.3 is 0 Å². The summed E-state index contributed by atoms with van der Waals surface area (Å²) in [6.45, 7) is 1.10. The highest BCUT2D eigenvalue weighted by Gasteiger charge is 2.26. The normalized spacial score (nSPS) is 12.6. The molecular weight excluding hydrogens is 418 g/mol. The van der Waals surface area contributed by atoms with E-state index in [1.165, 1.54) is 5.56 Å². The molecule has 1 aliphatic heterocycles. The van der Waals surface area contributed by atoms with E-state index >= 15 is 0 Å². The third-order valence-corrected chi connectivity index (χ3v) is 5.42. The molecule has 4 rings (SSSR count). The quantitative estimate of drug-likeness (QED) is 0.547. The molecule has 0 spiro atoms. The van der Waals surface area contributed by atoms with Gasteiger partial charge in [-0.25, -0.2) is 0 Å². The minimum absolute atomic E-state index is 0.0430. The van der Waals surface area contributed by atoms with Gasteiger partial charge in [0.15, 0.2) is 11.5 Å². The highest BCUT2D eigenvalue weighted by molar-refractivity contribution is 9.10. The average Bonchev–Trinajstić information content (AvgIpc) is 3.16. The largest absolute Gasteiger partial charge is 0.493 e. The van der Waals surface area contributed by atoms with E-state index in [-0.39, 0.29) is 5.91 Å². The summed E-state index contributed by atoms with van der Waals surface area (Å²) in [6.07, 6.45) is 0.874. The van der Waals surface area contributed by atoms with Gasteiger partial charge in [-0.2, -0.15) is 0 Å². The van der Waals surface area contributed by atoms with Crippen molar-refractivity contribution < 1.29 is 14.3 Å². The molecule has 0 radical (unpaired) electrons. The van der Waals surface area contributed by atoms with Gasteiger partial charge in [-0.15, -0.1) is 0 Å². The van der Waals surface area contributed by atoms with Crippen LogP contribution in [0.5, 0.6) is 11.5 Å². The van der Waals surface area contributed by atoms with Crippen molar-refractivity contribution in [2.45, 2.75) is 13.0 Å². The maximum Gasteiger partial charge on any atom is 0.258 e. The Balaban J connectivity index is 1.59. The Bertz CT molecular complexity index is 1000. The number of carbonyl (C=O) groups is 1. The summed E-state index contributed by atoms with van der Waals surface area (Å²) in [7, 11) is 1.58. The molecule has 5 heteroatoms. The van der Waals surface area contributed by atoms with E-state index in [1.54, 1.807) is 19.2 Å². The van der Waals surface area contributed by atoms with Gasteiger partial charge < -0.3 is 14.4 Å². The van der Waals surface area contributed by atoms with Crippen molar-refractivity contribution in [1.82, 2.24) is 0 Å². The number of halogens is 1. The van der Waals surface area contributed by atoms with Crippen molar-refractivity contribution in [2.24, 2.45) is 0 Å². The number of benzene rings is 3. The van der Waals surface area contributed by atoms with Crippen molar-refractivity contribution in [3.8, 4) is 11.5 Å². The van der Waals surface area contributed by atoms with E-state index < -0.39 is 0 Å². The number of nitrogens with zero attached hydrogens (tertiary/aromatic N) is 1. The van der Waals surface area contributed by atoms with E-state index in [9.17, 15) is 4.79 Å². The van der Waals surface area contributed by atoms with Gasteiger partial charge in [0, 0.05) is 17.8 Å². The van der Waals surface area contributed by atoms with Crippen LogP contribution in [0, 0.1) is 0 Å². The topological polar surface area (TPSA) is 38.8 Å². The summed E-state index contributed by atoms with van der Waals surface area (Å²) in [5.74, 6) is 1.07. The smallest absolute Gasteiger partial charge is 0.258 e. The molecule has 0 fully saturated rings. The van der Waals surface area contributed by atoms with Gasteiger partial charge in [0.1, 0.15) is 6.61 Å². The van der Waals surface area contributed by atoms with Crippen molar-refractivity contribution in [3.05, 3.63) is 87.9 Å². The fraction of sp³-hybridized carbons (Fsp3) is 0.174. The molecule has 1 aliphatic rings. The minimum atomic E-state index is -0.0430. The molecule has 0 atom stereocenters. The minimum Gasteiger partial charge on any atom is -0.493 e. The number of carbonyl (C=O) groups excluding carboxylic acids is 1. The molecule has 0 saturated carbocycles. The van der Waals surface area contributed by atoms with Crippen LogP contribution in [0.4, 0.5) is 5.69 Å². The molecule has 0 N–H and O–H groups in total. The lowest BCUT2D eigenvalue weighted by Crippen LogP contribution is -2.28. The first-order valence-corrected chi connectivity index (χ1v) is 9.90. The number of methoxy groups -OCH3 is 1. The first kappa shape index (κ1) is 18.6. The fourth-order valence-electron chi connectivity index (χ4n) is 3.42. The lowest BCUT2D eigenvalue weighted by Gasteiger charge is -2.19. The number of anilines is 1. The number of para-hydroxylation sites is 1. The molecule has 1 amide bonds. The Morgan fingerprint density at radius 1 is 1.07 bits per heavy atom. The fourth-order valence-corrected chi connectivity index (χ4v) is 3.97. The van der Waals surface area contributed by atoms with Crippen LogP contribution in [-0.4, -0.2) is 19.6 Å². The second-order valence-electron chi connectivity index (χ2n) is 6.60. The van der Waals surface area contributed by atoms with Gasteiger partial charge in [-0.05, 0) is 51.7 Å². The second-order valence-corrected chi connectivity index (χ2v) is 7.45. The SMILES string of the molecule is COc1cc(C(=O)N2CCc3ccccc32)cc(Br)c1OCc1ccccc1. The van der Waals surface area contributed by atoms with Crippen LogP contribution in [-0.2, 0) is 13.0 Å². The highest BCUT2D eigenvalue weighted by atomic mass is 79.9. The van der Waals surface area contributed by atoms with Crippen LogP contribution in [0.15, 0.2) is 71.2 Å². The second kappa shape index (κ2) is 8.07. The highest BCUT2D eigenvalue weighted by Crippen LogP contribution is 2.38. The van der Waals surface area contributed by atoms with Gasteiger partial charge in [0.2, 0.25) is 0 Å². The summed E-state index contributed by atoms with van der Waals surface area (Å²) < 4.78 is 12.2. The Labute approximate surface area is 172 Å². The molecule has 0 saturated heterocycles. The maximum atomic E-state index is 13.1. The molecule has 0 unspecified atom stereocenters. The summed E-state index contributed by atoms with van der Waals surface area (Å²) in [5, 5.41) is 0. The van der Waals surface area contributed by atoms with E-state index in [1.807, 2.05) is 53.4 Å². The van der Waals surface area contributed by atoms with Crippen LogP contribution < -0.4 is 14.4 Å². The molecule has 3 aromatic carbocycles. The lowest BCUT2D eigenvalue weighted by atomic mass is 10.1. The zero-order valence-electron chi connectivity index (χ0n) is 15.5. The predicted octanol–water partition coefficient (Wildman–Crippen LogP) is 5.24. The molecule has 0 aromatic heterocycles. The van der Waals surface area contributed by atoms with E-state index in [2.05, 4.69) is 22.0 Å². The molecule has 28 heavy (non-hydrogen) atoms. The Kier molecular flexibility index (Phi) is 5.35. The van der Waals surface area contributed by atoms with Crippen molar-refractivity contribution in [1.29, 1.82) is 0 Å². The monoisotopic (exact) mass is 437 g/mol. The Morgan fingerprint density at radius 2 is 1.82 bits per heavy atom. The predicted molar refractivity (Wildman–Crippen MR) is 113 cm³/mol.